The number of benzene rings is 2. The minimum atomic E-state index is 0.0381. The molecule has 1 N–H and O–H groups in total. The van der Waals surface area contributed by atoms with Crippen LogP contribution >= 0.6 is 0 Å². The average Bonchev–Trinajstić information content (AvgIpc) is 2.66. The Morgan fingerprint density at radius 2 is 1.63 bits per heavy atom. The number of carbonyl (C=O) groups excluding carboxylic acids is 1. The van der Waals surface area contributed by atoms with E-state index in [4.69, 9.17) is 0 Å². The second kappa shape index (κ2) is 9.16. The summed E-state index contributed by atoms with van der Waals surface area (Å²) in [5.74, 6) is 0.109. The van der Waals surface area contributed by atoms with Gasteiger partial charge in [-0.1, -0.05) is 48.5 Å². The van der Waals surface area contributed by atoms with E-state index in [-0.39, 0.29) is 11.9 Å². The molecule has 0 aliphatic carbocycles. The fourth-order valence-electron chi connectivity index (χ4n) is 3.55. The molecule has 0 spiro atoms. The maximum absolute atomic E-state index is 12.5. The second-order valence-electron chi connectivity index (χ2n) is 7.67. The van der Waals surface area contributed by atoms with E-state index in [9.17, 15) is 4.79 Å². The molecule has 1 fully saturated rings. The molecule has 1 saturated heterocycles. The van der Waals surface area contributed by atoms with E-state index in [0.29, 0.717) is 6.54 Å². The van der Waals surface area contributed by atoms with Crippen molar-refractivity contribution in [1.29, 1.82) is 0 Å². The van der Waals surface area contributed by atoms with Gasteiger partial charge in [0.2, 0.25) is 5.91 Å². The van der Waals surface area contributed by atoms with Crippen molar-refractivity contribution >= 4 is 5.91 Å². The lowest BCUT2D eigenvalue weighted by atomic mass is 10.0. The summed E-state index contributed by atoms with van der Waals surface area (Å²) >= 11 is 0. The zero-order valence-corrected chi connectivity index (χ0v) is 16.7. The molecule has 2 aromatic rings. The predicted octanol–water partition coefficient (Wildman–Crippen LogP) is 3.30. The summed E-state index contributed by atoms with van der Waals surface area (Å²) in [5.41, 5.74) is 5.07. The predicted molar refractivity (Wildman–Crippen MR) is 111 cm³/mol. The number of amides is 1. The van der Waals surface area contributed by atoms with Crippen LogP contribution in [0.3, 0.4) is 0 Å². The van der Waals surface area contributed by atoms with E-state index < -0.39 is 0 Å². The SMILES string of the molecule is Cc1ccc([C@@H](C)NC(=O)CN2CCN(Cc3ccccc3)CC2)cc1C. The van der Waals surface area contributed by atoms with Crippen LogP contribution in [0.15, 0.2) is 48.5 Å². The van der Waals surface area contributed by atoms with Crippen molar-refractivity contribution in [3.8, 4) is 0 Å². The number of piperazine rings is 1. The molecule has 2 aromatic carbocycles. The third-order valence-electron chi connectivity index (χ3n) is 5.49. The number of hydrogen-bond acceptors (Lipinski definition) is 3. The van der Waals surface area contributed by atoms with E-state index in [1.54, 1.807) is 0 Å². The van der Waals surface area contributed by atoms with Crippen molar-refractivity contribution in [2.24, 2.45) is 0 Å². The zero-order valence-electron chi connectivity index (χ0n) is 16.7. The lowest BCUT2D eigenvalue weighted by Gasteiger charge is -2.34. The molecule has 1 atom stereocenters. The van der Waals surface area contributed by atoms with E-state index in [0.717, 1.165) is 32.7 Å². The molecule has 0 radical (unpaired) electrons. The number of nitrogens with zero attached hydrogens (tertiary/aromatic N) is 2. The number of hydrogen-bond donors (Lipinski definition) is 1. The Morgan fingerprint density at radius 1 is 0.963 bits per heavy atom. The molecule has 4 nitrogen and oxygen atoms in total. The molecule has 3 rings (SSSR count). The van der Waals surface area contributed by atoms with Crippen LogP contribution in [0.4, 0.5) is 0 Å². The highest BCUT2D eigenvalue weighted by Gasteiger charge is 2.20. The molecule has 4 heteroatoms. The Bertz CT molecular complexity index is 751. The first kappa shape index (κ1) is 19.6. The molecule has 1 aliphatic rings. The number of nitrogens with one attached hydrogen (secondary N) is 1. The molecule has 1 amide bonds. The summed E-state index contributed by atoms with van der Waals surface area (Å²) in [4.78, 5) is 17.2. The van der Waals surface area contributed by atoms with Crippen molar-refractivity contribution in [1.82, 2.24) is 15.1 Å². The summed E-state index contributed by atoms with van der Waals surface area (Å²) in [6, 6.07) is 17.0. The Morgan fingerprint density at radius 3 is 2.30 bits per heavy atom. The van der Waals surface area contributed by atoms with Crippen LogP contribution in [0.25, 0.3) is 0 Å². The number of carbonyl (C=O) groups is 1. The van der Waals surface area contributed by atoms with Gasteiger partial charge in [-0.25, -0.2) is 0 Å². The lowest BCUT2D eigenvalue weighted by Crippen LogP contribution is -2.49. The van der Waals surface area contributed by atoms with Crippen LogP contribution in [0, 0.1) is 13.8 Å². The quantitative estimate of drug-likeness (QED) is 0.853. The van der Waals surface area contributed by atoms with Gasteiger partial charge >= 0.3 is 0 Å². The first-order valence-electron chi connectivity index (χ1n) is 9.86. The van der Waals surface area contributed by atoms with Crippen molar-refractivity contribution in [2.75, 3.05) is 32.7 Å². The molecule has 1 aliphatic heterocycles. The molecule has 0 unspecified atom stereocenters. The third-order valence-corrected chi connectivity index (χ3v) is 5.49. The Balaban J connectivity index is 1.43. The third kappa shape index (κ3) is 5.65. The summed E-state index contributed by atoms with van der Waals surface area (Å²) in [5, 5.41) is 3.15. The van der Waals surface area contributed by atoms with Crippen molar-refractivity contribution in [3.63, 3.8) is 0 Å². The zero-order chi connectivity index (χ0) is 19.2. The Kier molecular flexibility index (Phi) is 6.64. The van der Waals surface area contributed by atoms with Gasteiger partial charge in [-0.15, -0.1) is 0 Å². The van der Waals surface area contributed by atoms with Gasteiger partial charge in [-0.3, -0.25) is 14.6 Å². The van der Waals surface area contributed by atoms with Gasteiger partial charge in [-0.05, 0) is 43.0 Å². The maximum atomic E-state index is 12.5. The summed E-state index contributed by atoms with van der Waals surface area (Å²) in [7, 11) is 0. The van der Waals surface area contributed by atoms with Gasteiger partial charge in [0.05, 0.1) is 12.6 Å². The summed E-state index contributed by atoms with van der Waals surface area (Å²) in [6.07, 6.45) is 0. The van der Waals surface area contributed by atoms with Crippen molar-refractivity contribution < 1.29 is 4.79 Å². The highest BCUT2D eigenvalue weighted by atomic mass is 16.2. The highest BCUT2D eigenvalue weighted by Crippen LogP contribution is 2.17. The standard InChI is InChI=1S/C23H31N3O/c1-18-9-10-22(15-19(18)2)20(3)24-23(27)17-26-13-11-25(12-14-26)16-21-7-5-4-6-8-21/h4-10,15,20H,11-14,16-17H2,1-3H3,(H,24,27)/t20-/m1/s1. The van der Waals surface area contributed by atoms with E-state index in [1.165, 1.54) is 22.3 Å². The average molecular weight is 366 g/mol. The van der Waals surface area contributed by atoms with Crippen LogP contribution in [0.2, 0.25) is 0 Å². The minimum absolute atomic E-state index is 0.0381. The Labute approximate surface area is 163 Å². The fourth-order valence-corrected chi connectivity index (χ4v) is 3.55. The smallest absolute Gasteiger partial charge is 0.234 e. The molecule has 1 heterocycles. The fraction of sp³-hybridized carbons (Fsp3) is 0.435. The molecular weight excluding hydrogens is 334 g/mol. The maximum Gasteiger partial charge on any atom is 0.234 e. The second-order valence-corrected chi connectivity index (χ2v) is 7.67. The van der Waals surface area contributed by atoms with Gasteiger partial charge in [0.1, 0.15) is 0 Å². The van der Waals surface area contributed by atoms with Gasteiger partial charge in [0.15, 0.2) is 0 Å². The van der Waals surface area contributed by atoms with Crippen LogP contribution in [0.1, 0.15) is 35.2 Å². The molecule has 144 valence electrons. The Hall–Kier alpha value is -2.17. The van der Waals surface area contributed by atoms with E-state index >= 15 is 0 Å². The molecule has 0 bridgehead atoms. The first-order valence-corrected chi connectivity index (χ1v) is 9.86. The molecule has 0 aromatic heterocycles. The molecular formula is C23H31N3O. The van der Waals surface area contributed by atoms with Gasteiger partial charge in [0.25, 0.3) is 0 Å². The van der Waals surface area contributed by atoms with Gasteiger partial charge in [-0.2, -0.15) is 0 Å². The summed E-state index contributed by atoms with van der Waals surface area (Å²) in [6.45, 7) is 11.7. The van der Waals surface area contributed by atoms with Crippen molar-refractivity contribution in [2.45, 2.75) is 33.4 Å². The summed E-state index contributed by atoms with van der Waals surface area (Å²) < 4.78 is 0. The number of aryl methyl sites for hydroxylation is 2. The van der Waals surface area contributed by atoms with Crippen LogP contribution in [0.5, 0.6) is 0 Å². The van der Waals surface area contributed by atoms with Crippen LogP contribution in [-0.4, -0.2) is 48.4 Å². The topological polar surface area (TPSA) is 35.6 Å². The highest BCUT2D eigenvalue weighted by molar-refractivity contribution is 5.78. The first-order chi connectivity index (χ1) is 13.0. The lowest BCUT2D eigenvalue weighted by molar-refractivity contribution is -0.123. The number of rotatable bonds is 6. The normalized spacial score (nSPS) is 16.9. The van der Waals surface area contributed by atoms with E-state index in [2.05, 4.69) is 84.4 Å². The monoisotopic (exact) mass is 365 g/mol. The van der Waals surface area contributed by atoms with Crippen molar-refractivity contribution in [3.05, 3.63) is 70.8 Å². The molecule has 27 heavy (non-hydrogen) atoms. The van der Waals surface area contributed by atoms with E-state index in [1.807, 2.05) is 0 Å². The van der Waals surface area contributed by atoms with Crippen LogP contribution < -0.4 is 5.32 Å². The van der Waals surface area contributed by atoms with Crippen LogP contribution in [-0.2, 0) is 11.3 Å². The van der Waals surface area contributed by atoms with Gasteiger partial charge < -0.3 is 5.32 Å². The molecule has 0 saturated carbocycles. The largest absolute Gasteiger partial charge is 0.348 e. The van der Waals surface area contributed by atoms with Gasteiger partial charge in [0, 0.05) is 32.7 Å². The minimum Gasteiger partial charge on any atom is -0.348 e.